The minimum absolute atomic E-state index is 0.121. The third-order valence-electron chi connectivity index (χ3n) is 2.07. The van der Waals surface area contributed by atoms with Gasteiger partial charge in [0.2, 0.25) is 0 Å². The molecule has 1 rings (SSSR count). The average molecular weight is 203 g/mol. The van der Waals surface area contributed by atoms with Crippen molar-refractivity contribution < 1.29 is 4.79 Å². The second kappa shape index (κ2) is 5.11. The van der Waals surface area contributed by atoms with E-state index in [0.29, 0.717) is 12.1 Å². The molecule has 1 heterocycles. The monoisotopic (exact) mass is 203 g/mol. The number of aromatic nitrogens is 1. The van der Waals surface area contributed by atoms with Crippen LogP contribution in [-0.4, -0.2) is 28.9 Å². The van der Waals surface area contributed by atoms with Crippen molar-refractivity contribution in [2.45, 2.75) is 13.8 Å². The molecule has 0 saturated carbocycles. The molecule has 0 bridgehead atoms. The smallest absolute Gasteiger partial charge is 0.254 e. The number of carbonyl (C=O) groups is 1. The summed E-state index contributed by atoms with van der Waals surface area (Å²) in [6, 6.07) is 5.36. The minimum Gasteiger partial charge on any atom is -0.326 e. The fourth-order valence-electron chi connectivity index (χ4n) is 1.27. The Bertz CT molecular complexity index is 395. The van der Waals surface area contributed by atoms with E-state index in [2.05, 4.69) is 4.98 Å². The summed E-state index contributed by atoms with van der Waals surface area (Å²) in [6.45, 7) is 4.34. The number of carbonyl (C=O) groups excluding carboxylic acids is 1. The first-order valence-electron chi connectivity index (χ1n) is 4.78. The maximum Gasteiger partial charge on any atom is 0.254 e. The Balaban J connectivity index is 2.88. The van der Waals surface area contributed by atoms with E-state index in [0.717, 1.165) is 5.69 Å². The number of nitriles is 1. The van der Waals surface area contributed by atoms with Gasteiger partial charge in [-0.05, 0) is 26.0 Å². The lowest BCUT2D eigenvalue weighted by Gasteiger charge is -2.17. The summed E-state index contributed by atoms with van der Waals surface area (Å²) in [4.78, 5) is 17.4. The second-order valence-electron chi connectivity index (χ2n) is 3.16. The fourth-order valence-corrected chi connectivity index (χ4v) is 1.27. The van der Waals surface area contributed by atoms with E-state index in [4.69, 9.17) is 5.26 Å². The molecular formula is C11H13N3O. The topological polar surface area (TPSA) is 57.0 Å². The highest BCUT2D eigenvalue weighted by Gasteiger charge is 2.13. The van der Waals surface area contributed by atoms with Gasteiger partial charge in [-0.15, -0.1) is 0 Å². The maximum atomic E-state index is 11.9. The molecule has 0 atom stereocenters. The van der Waals surface area contributed by atoms with Crippen molar-refractivity contribution in [1.29, 1.82) is 5.26 Å². The van der Waals surface area contributed by atoms with E-state index in [-0.39, 0.29) is 12.5 Å². The summed E-state index contributed by atoms with van der Waals surface area (Å²) < 4.78 is 0. The van der Waals surface area contributed by atoms with Crippen molar-refractivity contribution >= 4 is 5.91 Å². The van der Waals surface area contributed by atoms with Crippen LogP contribution in [0.4, 0.5) is 0 Å². The number of hydrogen-bond acceptors (Lipinski definition) is 3. The lowest BCUT2D eigenvalue weighted by Crippen LogP contribution is -2.31. The number of rotatable bonds is 3. The zero-order valence-electron chi connectivity index (χ0n) is 8.90. The lowest BCUT2D eigenvalue weighted by molar-refractivity contribution is 0.0784. The average Bonchev–Trinajstić information content (AvgIpc) is 2.25. The third kappa shape index (κ3) is 2.78. The Hall–Kier alpha value is -1.89. The number of aryl methyl sites for hydroxylation is 1. The number of nitrogens with zero attached hydrogens (tertiary/aromatic N) is 3. The van der Waals surface area contributed by atoms with Crippen LogP contribution in [0.15, 0.2) is 18.3 Å². The molecule has 15 heavy (non-hydrogen) atoms. The summed E-state index contributed by atoms with van der Waals surface area (Å²) in [7, 11) is 0. The highest BCUT2D eigenvalue weighted by molar-refractivity contribution is 5.94. The maximum absolute atomic E-state index is 11.9. The molecule has 0 aliphatic heterocycles. The summed E-state index contributed by atoms with van der Waals surface area (Å²) in [5.74, 6) is -0.121. The predicted molar refractivity (Wildman–Crippen MR) is 56.2 cm³/mol. The van der Waals surface area contributed by atoms with Crippen LogP contribution in [0, 0.1) is 18.3 Å². The van der Waals surface area contributed by atoms with Gasteiger partial charge in [0.1, 0.15) is 6.54 Å². The minimum atomic E-state index is -0.121. The van der Waals surface area contributed by atoms with Gasteiger partial charge >= 0.3 is 0 Å². The molecule has 0 fully saturated rings. The molecule has 4 nitrogen and oxygen atoms in total. The van der Waals surface area contributed by atoms with Crippen LogP contribution in [-0.2, 0) is 0 Å². The molecule has 0 saturated heterocycles. The Morgan fingerprint density at radius 2 is 2.40 bits per heavy atom. The van der Waals surface area contributed by atoms with Crippen molar-refractivity contribution in [3.05, 3.63) is 29.6 Å². The molecule has 1 amide bonds. The van der Waals surface area contributed by atoms with E-state index < -0.39 is 0 Å². The predicted octanol–water partition coefficient (Wildman–Crippen LogP) is 1.38. The summed E-state index contributed by atoms with van der Waals surface area (Å²) >= 11 is 0. The first-order valence-corrected chi connectivity index (χ1v) is 4.78. The zero-order valence-corrected chi connectivity index (χ0v) is 8.90. The molecule has 0 radical (unpaired) electrons. The normalized spacial score (nSPS) is 9.40. The summed E-state index contributed by atoms with van der Waals surface area (Å²) in [6.07, 6.45) is 1.60. The highest BCUT2D eigenvalue weighted by Crippen LogP contribution is 2.05. The molecule has 4 heteroatoms. The van der Waals surface area contributed by atoms with Crippen LogP contribution in [0.3, 0.4) is 0 Å². The van der Waals surface area contributed by atoms with Crippen molar-refractivity contribution in [3.63, 3.8) is 0 Å². The van der Waals surface area contributed by atoms with Crippen LogP contribution < -0.4 is 0 Å². The van der Waals surface area contributed by atoms with Gasteiger partial charge < -0.3 is 4.90 Å². The number of amides is 1. The van der Waals surface area contributed by atoms with Gasteiger partial charge in [0, 0.05) is 24.0 Å². The van der Waals surface area contributed by atoms with Gasteiger partial charge in [0.15, 0.2) is 0 Å². The lowest BCUT2D eigenvalue weighted by atomic mass is 10.2. The van der Waals surface area contributed by atoms with E-state index in [1.807, 2.05) is 19.9 Å². The van der Waals surface area contributed by atoms with Crippen molar-refractivity contribution in [3.8, 4) is 6.07 Å². The summed E-state index contributed by atoms with van der Waals surface area (Å²) in [5, 5.41) is 8.56. The number of pyridine rings is 1. The van der Waals surface area contributed by atoms with Gasteiger partial charge in [-0.3, -0.25) is 9.78 Å². The molecule has 0 unspecified atom stereocenters. The molecule has 0 aromatic carbocycles. The molecule has 1 aromatic heterocycles. The highest BCUT2D eigenvalue weighted by atomic mass is 16.2. The molecule has 0 aliphatic carbocycles. The van der Waals surface area contributed by atoms with Crippen LogP contribution in [0.2, 0.25) is 0 Å². The number of hydrogen-bond donors (Lipinski definition) is 0. The molecule has 78 valence electrons. The van der Waals surface area contributed by atoms with E-state index in [1.165, 1.54) is 4.90 Å². The van der Waals surface area contributed by atoms with Crippen LogP contribution in [0.25, 0.3) is 0 Å². The van der Waals surface area contributed by atoms with Gasteiger partial charge in [0.05, 0.1) is 6.07 Å². The molecule has 1 aromatic rings. The van der Waals surface area contributed by atoms with Crippen LogP contribution in [0.1, 0.15) is 23.0 Å². The van der Waals surface area contributed by atoms with Crippen LogP contribution >= 0.6 is 0 Å². The second-order valence-corrected chi connectivity index (χ2v) is 3.16. The Labute approximate surface area is 89.2 Å². The van der Waals surface area contributed by atoms with Crippen LogP contribution in [0.5, 0.6) is 0 Å². The van der Waals surface area contributed by atoms with E-state index in [9.17, 15) is 4.79 Å². The molecule has 0 N–H and O–H groups in total. The van der Waals surface area contributed by atoms with Gasteiger partial charge in [0.25, 0.3) is 5.91 Å². The Kier molecular flexibility index (Phi) is 3.81. The Morgan fingerprint density at radius 1 is 1.67 bits per heavy atom. The zero-order chi connectivity index (χ0) is 11.3. The van der Waals surface area contributed by atoms with Crippen molar-refractivity contribution in [2.75, 3.05) is 13.1 Å². The molecule has 0 spiro atoms. The fraction of sp³-hybridized carbons (Fsp3) is 0.364. The third-order valence-corrected chi connectivity index (χ3v) is 2.07. The van der Waals surface area contributed by atoms with Gasteiger partial charge in [-0.2, -0.15) is 5.26 Å². The van der Waals surface area contributed by atoms with Crippen molar-refractivity contribution in [2.24, 2.45) is 0 Å². The standard InChI is InChI=1S/C11H13N3O/c1-3-14(7-5-12)11(15)10-4-6-13-9(2)8-10/h4,6,8H,3,7H2,1-2H3. The van der Waals surface area contributed by atoms with E-state index >= 15 is 0 Å². The van der Waals surface area contributed by atoms with Gasteiger partial charge in [-0.25, -0.2) is 0 Å². The van der Waals surface area contributed by atoms with E-state index in [1.54, 1.807) is 18.3 Å². The first-order chi connectivity index (χ1) is 7.19. The molecular weight excluding hydrogens is 190 g/mol. The van der Waals surface area contributed by atoms with Gasteiger partial charge in [-0.1, -0.05) is 0 Å². The summed E-state index contributed by atoms with van der Waals surface area (Å²) in [5.41, 5.74) is 1.38. The quantitative estimate of drug-likeness (QED) is 0.697. The largest absolute Gasteiger partial charge is 0.326 e. The molecule has 0 aliphatic rings. The SMILES string of the molecule is CCN(CC#N)C(=O)c1ccnc(C)c1. The first kappa shape index (κ1) is 11.2. The Morgan fingerprint density at radius 3 is 2.93 bits per heavy atom. The van der Waals surface area contributed by atoms with Crippen molar-refractivity contribution in [1.82, 2.24) is 9.88 Å².